The Balaban J connectivity index is 2.83. The number of aliphatic hydroxyl groups excluding tert-OH is 1. The molecule has 0 aromatic heterocycles. The number of aliphatic hydroxyl groups is 1. The molecule has 0 aliphatic rings. The Kier molecular flexibility index (Phi) is 3.41. The van der Waals surface area contributed by atoms with Crippen LogP contribution in [0.25, 0.3) is 0 Å². The topological polar surface area (TPSA) is 69.6 Å². The van der Waals surface area contributed by atoms with Crippen molar-refractivity contribution in [3.63, 3.8) is 0 Å². The fraction of sp³-hybridized carbons (Fsp3) is 0.222. The number of hydrogen-bond donors (Lipinski definition) is 3. The molecule has 4 nitrogen and oxygen atoms in total. The maximum Gasteiger partial charge on any atom is 0.405 e. The molecule has 0 spiro atoms. The Bertz CT molecular complexity index is 330. The summed E-state index contributed by atoms with van der Waals surface area (Å²) >= 11 is 0. The Labute approximate surface area is 80.0 Å². The zero-order valence-corrected chi connectivity index (χ0v) is 7.27. The number of carboxylic acid groups (broad SMARTS) is 1. The molecular weight excluding hydrogens is 189 g/mol. The van der Waals surface area contributed by atoms with Crippen molar-refractivity contribution in [2.45, 2.75) is 6.04 Å². The van der Waals surface area contributed by atoms with Crippen LogP contribution < -0.4 is 5.32 Å². The van der Waals surface area contributed by atoms with Crippen molar-refractivity contribution in [2.24, 2.45) is 0 Å². The predicted octanol–water partition coefficient (Wildman–Crippen LogP) is 1.13. The van der Waals surface area contributed by atoms with E-state index in [1.54, 1.807) is 6.07 Å². The third-order valence-corrected chi connectivity index (χ3v) is 1.73. The van der Waals surface area contributed by atoms with Gasteiger partial charge in [-0.1, -0.05) is 12.1 Å². The van der Waals surface area contributed by atoms with Crippen LogP contribution in [-0.4, -0.2) is 22.9 Å². The number of carbonyl (C=O) groups is 1. The molecule has 0 aliphatic carbocycles. The fourth-order valence-electron chi connectivity index (χ4n) is 1.11. The lowest BCUT2D eigenvalue weighted by molar-refractivity contribution is 0.177. The summed E-state index contributed by atoms with van der Waals surface area (Å²) in [6.45, 7) is -0.407. The van der Waals surface area contributed by atoms with E-state index in [2.05, 4.69) is 5.32 Å². The van der Waals surface area contributed by atoms with E-state index in [9.17, 15) is 9.18 Å². The van der Waals surface area contributed by atoms with Crippen molar-refractivity contribution in [1.82, 2.24) is 5.32 Å². The Morgan fingerprint density at radius 3 is 2.79 bits per heavy atom. The maximum atomic E-state index is 12.7. The van der Waals surface area contributed by atoms with E-state index in [0.717, 1.165) is 0 Å². The first-order valence-corrected chi connectivity index (χ1v) is 3.99. The van der Waals surface area contributed by atoms with Gasteiger partial charge in [-0.25, -0.2) is 9.18 Å². The highest BCUT2D eigenvalue weighted by atomic mass is 19.1. The fourth-order valence-corrected chi connectivity index (χ4v) is 1.11. The summed E-state index contributed by atoms with van der Waals surface area (Å²) in [6.07, 6.45) is -1.26. The molecule has 1 atom stereocenters. The van der Waals surface area contributed by atoms with E-state index in [1.807, 2.05) is 0 Å². The van der Waals surface area contributed by atoms with E-state index in [1.165, 1.54) is 18.2 Å². The summed E-state index contributed by atoms with van der Waals surface area (Å²) in [5.74, 6) is -0.465. The minimum atomic E-state index is -1.26. The first-order valence-electron chi connectivity index (χ1n) is 3.99. The van der Waals surface area contributed by atoms with Gasteiger partial charge in [0.15, 0.2) is 0 Å². The lowest BCUT2D eigenvalue weighted by Crippen LogP contribution is -2.29. The molecule has 14 heavy (non-hydrogen) atoms. The summed E-state index contributed by atoms with van der Waals surface area (Å²) < 4.78 is 12.7. The summed E-state index contributed by atoms with van der Waals surface area (Å²) in [4.78, 5) is 10.3. The van der Waals surface area contributed by atoms with Crippen LogP contribution in [0, 0.1) is 5.82 Å². The lowest BCUT2D eigenvalue weighted by atomic mass is 10.1. The quantitative estimate of drug-likeness (QED) is 0.683. The van der Waals surface area contributed by atoms with Crippen molar-refractivity contribution < 1.29 is 19.4 Å². The molecule has 0 saturated heterocycles. The van der Waals surface area contributed by atoms with Gasteiger partial charge in [-0.05, 0) is 17.7 Å². The van der Waals surface area contributed by atoms with Crippen LogP contribution in [0.5, 0.6) is 0 Å². The minimum Gasteiger partial charge on any atom is -0.465 e. The van der Waals surface area contributed by atoms with Crippen LogP contribution in [0.2, 0.25) is 0 Å². The van der Waals surface area contributed by atoms with Crippen LogP contribution in [0.3, 0.4) is 0 Å². The summed E-state index contributed by atoms with van der Waals surface area (Å²) in [6, 6.07) is 4.63. The normalized spacial score (nSPS) is 12.1. The summed E-state index contributed by atoms with van der Waals surface area (Å²) in [7, 11) is 0. The number of hydrogen-bond acceptors (Lipinski definition) is 2. The van der Waals surface area contributed by atoms with Crippen molar-refractivity contribution in [3.8, 4) is 0 Å². The number of nitrogens with one attached hydrogen (secondary N) is 1. The molecule has 1 aromatic carbocycles. The van der Waals surface area contributed by atoms with Crippen LogP contribution in [0.1, 0.15) is 11.6 Å². The van der Waals surface area contributed by atoms with Gasteiger partial charge in [0.25, 0.3) is 0 Å². The molecule has 0 heterocycles. The molecule has 0 saturated carbocycles. The van der Waals surface area contributed by atoms with Crippen LogP contribution in [0.4, 0.5) is 9.18 Å². The minimum absolute atomic E-state index is 0.398. The van der Waals surface area contributed by atoms with Gasteiger partial charge < -0.3 is 15.5 Å². The van der Waals surface area contributed by atoms with Gasteiger partial charge in [-0.3, -0.25) is 0 Å². The summed E-state index contributed by atoms with van der Waals surface area (Å²) in [5, 5.41) is 19.4. The van der Waals surface area contributed by atoms with Gasteiger partial charge in [-0.15, -0.1) is 0 Å². The third-order valence-electron chi connectivity index (χ3n) is 1.73. The molecule has 76 valence electrons. The molecule has 5 heteroatoms. The second kappa shape index (κ2) is 4.57. The van der Waals surface area contributed by atoms with Crippen LogP contribution in [-0.2, 0) is 0 Å². The first kappa shape index (κ1) is 10.5. The zero-order chi connectivity index (χ0) is 10.6. The van der Waals surface area contributed by atoms with Crippen molar-refractivity contribution in [1.29, 1.82) is 0 Å². The van der Waals surface area contributed by atoms with Crippen molar-refractivity contribution in [3.05, 3.63) is 35.6 Å². The van der Waals surface area contributed by atoms with E-state index < -0.39 is 24.6 Å². The van der Waals surface area contributed by atoms with E-state index in [-0.39, 0.29) is 0 Å². The molecule has 1 rings (SSSR count). The molecule has 0 unspecified atom stereocenters. The van der Waals surface area contributed by atoms with E-state index in [0.29, 0.717) is 5.56 Å². The monoisotopic (exact) mass is 199 g/mol. The Hall–Kier alpha value is -1.62. The average Bonchev–Trinajstić information content (AvgIpc) is 2.14. The van der Waals surface area contributed by atoms with Gasteiger partial charge in [0, 0.05) is 0 Å². The van der Waals surface area contributed by atoms with E-state index >= 15 is 0 Å². The van der Waals surface area contributed by atoms with Gasteiger partial charge in [-0.2, -0.15) is 0 Å². The molecule has 1 aromatic rings. The number of halogens is 1. The molecule has 0 radical (unpaired) electrons. The molecule has 3 N–H and O–H groups in total. The van der Waals surface area contributed by atoms with Crippen LogP contribution in [0.15, 0.2) is 24.3 Å². The SMILES string of the molecule is O=C(O)N[C@H](CO)c1cccc(F)c1. The van der Waals surface area contributed by atoms with Gasteiger partial charge in [0.05, 0.1) is 12.6 Å². The maximum absolute atomic E-state index is 12.7. The summed E-state index contributed by atoms with van der Waals surface area (Å²) in [5.41, 5.74) is 0.398. The second-order valence-corrected chi connectivity index (χ2v) is 2.74. The van der Waals surface area contributed by atoms with E-state index in [4.69, 9.17) is 10.2 Å². The number of benzene rings is 1. The van der Waals surface area contributed by atoms with Crippen molar-refractivity contribution in [2.75, 3.05) is 6.61 Å². The lowest BCUT2D eigenvalue weighted by Gasteiger charge is -2.14. The number of rotatable bonds is 3. The second-order valence-electron chi connectivity index (χ2n) is 2.74. The van der Waals surface area contributed by atoms with Gasteiger partial charge in [0.2, 0.25) is 0 Å². The third kappa shape index (κ3) is 2.70. The molecule has 0 bridgehead atoms. The number of amides is 1. The smallest absolute Gasteiger partial charge is 0.405 e. The first-order chi connectivity index (χ1) is 6.63. The Morgan fingerprint density at radius 2 is 2.29 bits per heavy atom. The molecule has 0 fully saturated rings. The average molecular weight is 199 g/mol. The molecule has 0 aliphatic heterocycles. The zero-order valence-electron chi connectivity index (χ0n) is 7.27. The Morgan fingerprint density at radius 1 is 1.57 bits per heavy atom. The van der Waals surface area contributed by atoms with Gasteiger partial charge >= 0.3 is 6.09 Å². The van der Waals surface area contributed by atoms with Gasteiger partial charge in [0.1, 0.15) is 5.82 Å². The predicted molar refractivity (Wildman–Crippen MR) is 47.4 cm³/mol. The van der Waals surface area contributed by atoms with Crippen molar-refractivity contribution >= 4 is 6.09 Å². The highest BCUT2D eigenvalue weighted by molar-refractivity contribution is 5.65. The molecular formula is C9H10FNO3. The molecule has 1 amide bonds. The standard InChI is InChI=1S/C9H10FNO3/c10-7-3-1-2-6(4-7)8(5-12)11-9(13)14/h1-4,8,11-12H,5H2,(H,13,14)/t8-/m1/s1. The highest BCUT2D eigenvalue weighted by Crippen LogP contribution is 2.13. The largest absolute Gasteiger partial charge is 0.465 e. The highest BCUT2D eigenvalue weighted by Gasteiger charge is 2.12. The van der Waals surface area contributed by atoms with Crippen LogP contribution >= 0.6 is 0 Å².